The Labute approximate surface area is 146 Å². The number of amides is 2. The van der Waals surface area contributed by atoms with Crippen molar-refractivity contribution in [1.29, 1.82) is 0 Å². The van der Waals surface area contributed by atoms with Crippen LogP contribution in [0.2, 0.25) is 0 Å². The first-order chi connectivity index (χ1) is 12.1. The van der Waals surface area contributed by atoms with Gasteiger partial charge in [-0.05, 0) is 37.6 Å². The summed E-state index contributed by atoms with van der Waals surface area (Å²) in [7, 11) is 0. The Kier molecular flexibility index (Phi) is 5.45. The van der Waals surface area contributed by atoms with E-state index in [0.29, 0.717) is 5.69 Å². The van der Waals surface area contributed by atoms with Crippen LogP contribution in [0.4, 0.5) is 5.69 Å². The van der Waals surface area contributed by atoms with Gasteiger partial charge in [-0.1, -0.05) is 18.2 Å². The van der Waals surface area contributed by atoms with Gasteiger partial charge in [0, 0.05) is 31.4 Å². The number of rotatable bonds is 6. The summed E-state index contributed by atoms with van der Waals surface area (Å²) < 4.78 is 1.86. The number of anilines is 1. The van der Waals surface area contributed by atoms with Gasteiger partial charge in [0.05, 0.1) is 6.04 Å². The number of para-hydroxylation sites is 1. The molecule has 1 aromatic heterocycles. The van der Waals surface area contributed by atoms with Gasteiger partial charge in [0.25, 0.3) is 5.91 Å². The second kappa shape index (κ2) is 7.94. The van der Waals surface area contributed by atoms with E-state index in [1.165, 1.54) is 0 Å². The molecular formula is C18H23N5O2. The predicted octanol–water partition coefficient (Wildman–Crippen LogP) is 1.33. The molecule has 0 bridgehead atoms. The minimum absolute atomic E-state index is 0.105. The number of primary amides is 1. The number of nitrogens with zero attached hydrogens (tertiary/aromatic N) is 3. The fraction of sp³-hybridized carbons (Fsp3) is 0.389. The van der Waals surface area contributed by atoms with Crippen LogP contribution in [0.1, 0.15) is 35.8 Å². The van der Waals surface area contributed by atoms with Gasteiger partial charge in [-0.2, -0.15) is 5.10 Å². The fourth-order valence-corrected chi connectivity index (χ4v) is 3.03. The summed E-state index contributed by atoms with van der Waals surface area (Å²) in [6.45, 7) is 2.12. The lowest BCUT2D eigenvalue weighted by Crippen LogP contribution is -2.35. The lowest BCUT2D eigenvalue weighted by Gasteiger charge is -2.23. The zero-order valence-electron chi connectivity index (χ0n) is 14.1. The van der Waals surface area contributed by atoms with Gasteiger partial charge in [0.2, 0.25) is 5.91 Å². The van der Waals surface area contributed by atoms with Crippen LogP contribution in [-0.4, -0.2) is 41.2 Å². The number of piperidine rings is 1. The summed E-state index contributed by atoms with van der Waals surface area (Å²) in [6, 6.07) is 11.3. The van der Waals surface area contributed by atoms with Crippen molar-refractivity contribution in [1.82, 2.24) is 15.1 Å². The Hall–Kier alpha value is -2.67. The van der Waals surface area contributed by atoms with Crippen LogP contribution >= 0.6 is 0 Å². The van der Waals surface area contributed by atoms with Crippen LogP contribution in [0, 0.1) is 0 Å². The van der Waals surface area contributed by atoms with Crippen molar-refractivity contribution in [3.8, 4) is 0 Å². The smallest absolute Gasteiger partial charge is 0.278 e. The molecule has 1 fully saturated rings. The van der Waals surface area contributed by atoms with Gasteiger partial charge in [-0.25, -0.2) is 0 Å². The number of benzene rings is 1. The van der Waals surface area contributed by atoms with Crippen molar-refractivity contribution >= 4 is 17.5 Å². The molecule has 1 atom stereocenters. The summed E-state index contributed by atoms with van der Waals surface area (Å²) in [5.74, 6) is -0.664. The molecule has 25 heavy (non-hydrogen) atoms. The maximum absolute atomic E-state index is 12.9. The molecule has 1 aromatic carbocycles. The molecule has 2 heterocycles. The van der Waals surface area contributed by atoms with Crippen molar-refractivity contribution in [2.24, 2.45) is 5.73 Å². The molecule has 0 radical (unpaired) electrons. The summed E-state index contributed by atoms with van der Waals surface area (Å²) >= 11 is 0. The van der Waals surface area contributed by atoms with Crippen molar-refractivity contribution in [2.75, 3.05) is 24.5 Å². The standard InChI is InChI=1S/C18H23N5O2/c19-17(24)9-11-22(14-5-2-1-3-6-14)18(25)16-8-12-23(21-16)15-7-4-10-20-13-15/h1-3,5-6,8,12,15,20H,4,7,9-11,13H2,(H2,19,24). The van der Waals surface area contributed by atoms with E-state index in [9.17, 15) is 9.59 Å². The lowest BCUT2D eigenvalue weighted by molar-refractivity contribution is -0.117. The van der Waals surface area contributed by atoms with E-state index in [4.69, 9.17) is 5.73 Å². The second-order valence-corrected chi connectivity index (χ2v) is 6.19. The molecule has 2 amide bonds. The minimum Gasteiger partial charge on any atom is -0.370 e. The van der Waals surface area contributed by atoms with Gasteiger partial charge in [-0.3, -0.25) is 14.3 Å². The van der Waals surface area contributed by atoms with E-state index >= 15 is 0 Å². The summed E-state index contributed by atoms with van der Waals surface area (Å²) in [4.78, 5) is 25.7. The molecule has 1 aliphatic heterocycles. The number of carbonyl (C=O) groups is 2. The van der Waals surface area contributed by atoms with E-state index in [1.54, 1.807) is 11.0 Å². The number of hydrogen-bond acceptors (Lipinski definition) is 4. The summed E-state index contributed by atoms with van der Waals surface area (Å²) in [6.07, 6.45) is 4.10. The molecule has 7 nitrogen and oxygen atoms in total. The SMILES string of the molecule is NC(=O)CCN(C(=O)c1ccn(C2CCCNC2)n1)c1ccccc1. The number of carbonyl (C=O) groups excluding carboxylic acids is 2. The molecule has 7 heteroatoms. The number of aromatic nitrogens is 2. The minimum atomic E-state index is -0.437. The molecule has 0 aliphatic carbocycles. The largest absolute Gasteiger partial charge is 0.370 e. The average Bonchev–Trinajstić information content (AvgIpc) is 3.13. The molecule has 0 saturated carbocycles. The molecular weight excluding hydrogens is 318 g/mol. The van der Waals surface area contributed by atoms with Gasteiger partial charge >= 0.3 is 0 Å². The van der Waals surface area contributed by atoms with Gasteiger partial charge < -0.3 is 16.0 Å². The van der Waals surface area contributed by atoms with Crippen LogP contribution < -0.4 is 16.0 Å². The van der Waals surface area contributed by atoms with Crippen LogP contribution in [-0.2, 0) is 4.79 Å². The molecule has 1 saturated heterocycles. The van der Waals surface area contributed by atoms with Crippen molar-refractivity contribution < 1.29 is 9.59 Å². The number of hydrogen-bond donors (Lipinski definition) is 2. The third-order valence-corrected chi connectivity index (χ3v) is 4.37. The molecule has 2 aromatic rings. The van der Waals surface area contributed by atoms with E-state index in [0.717, 1.165) is 31.6 Å². The van der Waals surface area contributed by atoms with E-state index in [2.05, 4.69) is 10.4 Å². The normalized spacial score (nSPS) is 17.2. The fourth-order valence-electron chi connectivity index (χ4n) is 3.03. The summed E-state index contributed by atoms with van der Waals surface area (Å²) in [5.41, 5.74) is 6.35. The van der Waals surface area contributed by atoms with Crippen LogP contribution in [0.15, 0.2) is 42.6 Å². The number of nitrogens with two attached hydrogens (primary N) is 1. The Morgan fingerprint density at radius 2 is 2.08 bits per heavy atom. The zero-order valence-corrected chi connectivity index (χ0v) is 14.1. The average molecular weight is 341 g/mol. The van der Waals surface area contributed by atoms with Crippen molar-refractivity contribution in [2.45, 2.75) is 25.3 Å². The first-order valence-corrected chi connectivity index (χ1v) is 8.56. The van der Waals surface area contributed by atoms with Crippen LogP contribution in [0.25, 0.3) is 0 Å². The Balaban J connectivity index is 1.79. The first-order valence-electron chi connectivity index (χ1n) is 8.56. The van der Waals surface area contributed by atoms with E-state index in [1.807, 2.05) is 41.2 Å². The third-order valence-electron chi connectivity index (χ3n) is 4.37. The van der Waals surface area contributed by atoms with Gasteiger partial charge in [0.1, 0.15) is 0 Å². The predicted molar refractivity (Wildman–Crippen MR) is 95.3 cm³/mol. The second-order valence-electron chi connectivity index (χ2n) is 6.19. The Morgan fingerprint density at radius 3 is 2.76 bits per heavy atom. The monoisotopic (exact) mass is 341 g/mol. The van der Waals surface area contributed by atoms with Crippen LogP contribution in [0.3, 0.4) is 0 Å². The molecule has 3 N–H and O–H groups in total. The lowest BCUT2D eigenvalue weighted by atomic mass is 10.1. The first kappa shape index (κ1) is 17.2. The highest BCUT2D eigenvalue weighted by Gasteiger charge is 2.22. The molecule has 0 spiro atoms. The van der Waals surface area contributed by atoms with Crippen LogP contribution in [0.5, 0.6) is 0 Å². The molecule has 132 valence electrons. The van der Waals surface area contributed by atoms with Crippen molar-refractivity contribution in [3.05, 3.63) is 48.3 Å². The quantitative estimate of drug-likeness (QED) is 0.829. The summed E-state index contributed by atoms with van der Waals surface area (Å²) in [5, 5.41) is 7.82. The molecule has 1 unspecified atom stereocenters. The zero-order chi connectivity index (χ0) is 17.6. The molecule has 1 aliphatic rings. The highest BCUT2D eigenvalue weighted by Crippen LogP contribution is 2.19. The Morgan fingerprint density at radius 1 is 1.28 bits per heavy atom. The topological polar surface area (TPSA) is 93.3 Å². The highest BCUT2D eigenvalue weighted by atomic mass is 16.2. The number of nitrogens with one attached hydrogen (secondary N) is 1. The maximum Gasteiger partial charge on any atom is 0.278 e. The van der Waals surface area contributed by atoms with Crippen molar-refractivity contribution in [3.63, 3.8) is 0 Å². The highest BCUT2D eigenvalue weighted by molar-refractivity contribution is 6.05. The van der Waals surface area contributed by atoms with Gasteiger partial charge in [0.15, 0.2) is 5.69 Å². The van der Waals surface area contributed by atoms with Gasteiger partial charge in [-0.15, -0.1) is 0 Å². The maximum atomic E-state index is 12.9. The Bertz CT molecular complexity index is 722. The van der Waals surface area contributed by atoms with E-state index < -0.39 is 5.91 Å². The molecule has 3 rings (SSSR count). The third kappa shape index (κ3) is 4.24. The van der Waals surface area contributed by atoms with E-state index in [-0.39, 0.29) is 24.9 Å².